The van der Waals surface area contributed by atoms with Crippen molar-refractivity contribution in [3.05, 3.63) is 0 Å². The van der Waals surface area contributed by atoms with E-state index in [0.717, 1.165) is 0 Å². The maximum Gasteiger partial charge on any atom is 0.428 e. The molecule has 0 aliphatic rings. The van der Waals surface area contributed by atoms with Crippen LogP contribution in [0.4, 0.5) is 26.3 Å². The van der Waals surface area contributed by atoms with Crippen LogP contribution in [-0.2, 0) is 0 Å². The van der Waals surface area contributed by atoms with Gasteiger partial charge in [0.25, 0.3) is 5.60 Å². The van der Waals surface area contributed by atoms with Gasteiger partial charge in [0.15, 0.2) is 0 Å². The molecule has 0 bridgehead atoms. The minimum Gasteiger partial charge on any atom is -0.389 e. The molecule has 0 heterocycles. The van der Waals surface area contributed by atoms with Crippen LogP contribution in [0.15, 0.2) is 0 Å². The summed E-state index contributed by atoms with van der Waals surface area (Å²) in [7, 11) is 5.15. The van der Waals surface area contributed by atoms with Gasteiger partial charge in [-0.15, -0.1) is 0 Å². The highest BCUT2D eigenvalue weighted by Gasteiger charge is 2.73. The second kappa shape index (κ2) is 5.05. The highest BCUT2D eigenvalue weighted by molar-refractivity contribution is 6.11. The van der Waals surface area contributed by atoms with Crippen LogP contribution in [0.2, 0.25) is 5.82 Å². The predicted octanol–water partition coefficient (Wildman–Crippen LogP) is 1.96. The van der Waals surface area contributed by atoms with E-state index in [1.165, 1.54) is 6.92 Å². The topological polar surface area (TPSA) is 40.5 Å². The third kappa shape index (κ3) is 3.51. The van der Waals surface area contributed by atoms with Crippen molar-refractivity contribution in [3.63, 3.8) is 0 Å². The van der Waals surface area contributed by atoms with E-state index in [-0.39, 0.29) is 6.42 Å². The van der Waals surface area contributed by atoms with Gasteiger partial charge in [0.2, 0.25) is 0 Å². The molecule has 0 aliphatic heterocycles. The van der Waals surface area contributed by atoms with E-state index in [4.69, 9.17) is 18.1 Å². The third-order valence-corrected chi connectivity index (χ3v) is 2.24. The van der Waals surface area contributed by atoms with Crippen molar-refractivity contribution in [1.82, 2.24) is 0 Å². The molecular formula is C8H11BF6O2. The van der Waals surface area contributed by atoms with Crippen LogP contribution in [0.25, 0.3) is 0 Å². The van der Waals surface area contributed by atoms with E-state index in [1.54, 1.807) is 0 Å². The van der Waals surface area contributed by atoms with Crippen LogP contribution in [0.5, 0.6) is 0 Å². The molecule has 17 heavy (non-hydrogen) atoms. The first-order chi connectivity index (χ1) is 7.34. The van der Waals surface area contributed by atoms with Crippen molar-refractivity contribution in [3.8, 4) is 0 Å². The molecule has 0 aliphatic carbocycles. The summed E-state index contributed by atoms with van der Waals surface area (Å²) >= 11 is 0. The number of hydrogen-bond acceptors (Lipinski definition) is 2. The molecule has 0 rings (SSSR count). The molecule has 100 valence electrons. The molecule has 2 N–H and O–H groups in total. The Morgan fingerprint density at radius 2 is 1.35 bits per heavy atom. The average molecular weight is 264 g/mol. The molecule has 2 nitrogen and oxygen atoms in total. The van der Waals surface area contributed by atoms with Crippen LogP contribution in [0.1, 0.15) is 19.8 Å². The normalized spacial score (nSPS) is 17.9. The lowest BCUT2D eigenvalue weighted by Crippen LogP contribution is -2.64. The molecule has 0 amide bonds. The summed E-state index contributed by atoms with van der Waals surface area (Å²) in [6.07, 6.45) is -16.2. The van der Waals surface area contributed by atoms with Crippen LogP contribution < -0.4 is 0 Å². The van der Waals surface area contributed by atoms with Crippen molar-refractivity contribution >= 4 is 7.85 Å². The molecule has 0 spiro atoms. The van der Waals surface area contributed by atoms with E-state index >= 15 is 0 Å². The highest BCUT2D eigenvalue weighted by atomic mass is 19.4. The van der Waals surface area contributed by atoms with Crippen LogP contribution >= 0.6 is 0 Å². The van der Waals surface area contributed by atoms with Gasteiger partial charge in [-0.1, -0.05) is 19.2 Å². The summed E-state index contributed by atoms with van der Waals surface area (Å²) in [5.74, 6) is -0.685. The highest BCUT2D eigenvalue weighted by Crippen LogP contribution is 2.46. The fourth-order valence-electron chi connectivity index (χ4n) is 1.17. The van der Waals surface area contributed by atoms with Gasteiger partial charge < -0.3 is 10.2 Å². The molecule has 0 saturated carbocycles. The summed E-state index contributed by atoms with van der Waals surface area (Å²) in [5, 5.41) is 17.7. The first kappa shape index (κ1) is 16.6. The lowest BCUT2D eigenvalue weighted by Gasteiger charge is -2.36. The van der Waals surface area contributed by atoms with E-state index in [1.807, 2.05) is 0 Å². The lowest BCUT2D eigenvalue weighted by molar-refractivity contribution is -0.391. The average Bonchev–Trinajstić information content (AvgIpc) is 2.08. The summed E-state index contributed by atoms with van der Waals surface area (Å²) in [6.45, 7) is 1.35. The van der Waals surface area contributed by atoms with Gasteiger partial charge in [-0.25, -0.2) is 0 Å². The maximum absolute atomic E-state index is 12.2. The lowest BCUT2D eigenvalue weighted by atomic mass is 9.82. The van der Waals surface area contributed by atoms with E-state index in [0.29, 0.717) is 0 Å². The van der Waals surface area contributed by atoms with E-state index in [9.17, 15) is 26.3 Å². The Balaban J connectivity index is 5.08. The fourth-order valence-corrected chi connectivity index (χ4v) is 1.17. The second-order valence-corrected chi connectivity index (χ2v) is 3.83. The van der Waals surface area contributed by atoms with Gasteiger partial charge >= 0.3 is 12.4 Å². The SMILES string of the molecule is [B]C(C)CC[C@H](O)C(O)(C(F)(F)F)C(F)(F)F. The number of aliphatic hydroxyl groups excluding tert-OH is 1. The maximum atomic E-state index is 12.2. The number of rotatable bonds is 4. The molecule has 0 aromatic rings. The van der Waals surface area contributed by atoms with Crippen molar-refractivity contribution < 1.29 is 36.6 Å². The van der Waals surface area contributed by atoms with Crippen molar-refractivity contribution in [2.75, 3.05) is 0 Å². The van der Waals surface area contributed by atoms with Crippen molar-refractivity contribution in [2.24, 2.45) is 0 Å². The van der Waals surface area contributed by atoms with Gasteiger partial charge in [0, 0.05) is 0 Å². The zero-order chi connectivity index (χ0) is 14.1. The molecule has 9 heteroatoms. The zero-order valence-electron chi connectivity index (χ0n) is 8.81. The number of hydrogen-bond donors (Lipinski definition) is 2. The Morgan fingerprint density at radius 1 is 1.00 bits per heavy atom. The Labute approximate surface area is 95.0 Å². The fraction of sp³-hybridized carbons (Fsp3) is 1.00. The summed E-state index contributed by atoms with van der Waals surface area (Å²) in [6, 6.07) is 0. The summed E-state index contributed by atoms with van der Waals surface area (Å²) in [4.78, 5) is 0. The Morgan fingerprint density at radius 3 is 1.59 bits per heavy atom. The van der Waals surface area contributed by atoms with Gasteiger partial charge in [-0.05, 0) is 6.42 Å². The molecule has 2 atom stereocenters. The molecule has 0 aromatic heterocycles. The number of alkyl halides is 6. The van der Waals surface area contributed by atoms with Crippen molar-refractivity contribution in [2.45, 2.75) is 49.6 Å². The zero-order valence-corrected chi connectivity index (χ0v) is 8.81. The molecular weight excluding hydrogens is 253 g/mol. The Bertz CT molecular complexity index is 235. The van der Waals surface area contributed by atoms with Gasteiger partial charge in [-0.3, -0.25) is 0 Å². The van der Waals surface area contributed by atoms with Crippen molar-refractivity contribution in [1.29, 1.82) is 0 Å². The standard InChI is InChI=1S/C8H11BF6O2/c1-4(9)2-3-5(16)6(17,7(10,11)12)8(13,14)15/h4-5,16-17H,2-3H2,1H3/t4?,5-/m0/s1. The molecule has 2 radical (unpaired) electrons. The molecule has 0 aromatic carbocycles. The third-order valence-electron chi connectivity index (χ3n) is 2.24. The number of halogens is 6. The minimum absolute atomic E-state index is 0.282. The quantitative estimate of drug-likeness (QED) is 0.602. The Kier molecular flexibility index (Phi) is 4.92. The number of aliphatic hydroxyl groups is 2. The largest absolute Gasteiger partial charge is 0.428 e. The predicted molar refractivity (Wildman–Crippen MR) is 47.5 cm³/mol. The van der Waals surface area contributed by atoms with E-state index in [2.05, 4.69) is 0 Å². The summed E-state index contributed by atoms with van der Waals surface area (Å²) < 4.78 is 73.3. The van der Waals surface area contributed by atoms with Crippen LogP contribution in [0.3, 0.4) is 0 Å². The molecule has 0 fully saturated rings. The molecule has 0 saturated heterocycles. The Hall–Kier alpha value is -0.435. The van der Waals surface area contributed by atoms with Gasteiger partial charge in [0.1, 0.15) is 6.10 Å². The van der Waals surface area contributed by atoms with Crippen LogP contribution in [0, 0.1) is 0 Å². The first-order valence-corrected chi connectivity index (χ1v) is 4.63. The van der Waals surface area contributed by atoms with Crippen LogP contribution in [-0.4, -0.2) is 42.1 Å². The smallest absolute Gasteiger partial charge is 0.389 e. The minimum atomic E-state index is -6.01. The van der Waals surface area contributed by atoms with E-state index < -0.39 is 36.3 Å². The monoisotopic (exact) mass is 264 g/mol. The summed E-state index contributed by atoms with van der Waals surface area (Å²) in [5.41, 5.74) is -5.13. The van der Waals surface area contributed by atoms with Gasteiger partial charge in [-0.2, -0.15) is 26.3 Å². The molecule has 1 unspecified atom stereocenters. The second-order valence-electron chi connectivity index (χ2n) is 3.83. The van der Waals surface area contributed by atoms with Gasteiger partial charge in [0.05, 0.1) is 7.85 Å². The first-order valence-electron chi connectivity index (χ1n) is 4.63.